The van der Waals surface area contributed by atoms with Crippen LogP contribution in [0.1, 0.15) is 147 Å². The third-order valence-electron chi connectivity index (χ3n) is 10.4. The molecule has 68 heavy (non-hydrogen) atoms. The predicted octanol–water partition coefficient (Wildman–Crippen LogP) is 0.587. The summed E-state index contributed by atoms with van der Waals surface area (Å²) in [6.07, 6.45) is 14.4. The molecule has 0 aliphatic rings. The minimum atomic E-state index is -3.82. The molecule has 0 aliphatic heterocycles. The molecule has 0 aliphatic carbocycles. The van der Waals surface area contributed by atoms with Crippen LogP contribution >= 0.6 is 0 Å². The number of carbonyl (C=O) groups excluding carboxylic acids is 5. The molecule has 0 fully saturated rings. The number of aliphatic carboxylic acids is 3. The summed E-state index contributed by atoms with van der Waals surface area (Å²) in [5.74, 6) is -6.76. The van der Waals surface area contributed by atoms with Crippen molar-refractivity contribution in [2.24, 2.45) is 5.73 Å². The van der Waals surface area contributed by atoms with E-state index in [2.05, 4.69) is 46.6 Å². The van der Waals surface area contributed by atoms with Crippen LogP contribution in [0.15, 0.2) is 0 Å². The van der Waals surface area contributed by atoms with Crippen molar-refractivity contribution >= 4 is 57.5 Å². The van der Waals surface area contributed by atoms with Crippen LogP contribution in [0.4, 0.5) is 0 Å². The van der Waals surface area contributed by atoms with Crippen molar-refractivity contribution in [2.45, 2.75) is 166 Å². The smallest absolute Gasteiger partial charge is 0.326 e. The van der Waals surface area contributed by atoms with Gasteiger partial charge in [-0.15, -0.1) is 5.10 Å². The molecular weight excluding hydrogens is 917 g/mol. The quantitative estimate of drug-likeness (QED) is 0.0400. The van der Waals surface area contributed by atoms with Crippen molar-refractivity contribution in [3.63, 3.8) is 0 Å². The van der Waals surface area contributed by atoms with Gasteiger partial charge < -0.3 is 51.8 Å². The number of nitrogens with zero attached hydrogens (tertiary/aromatic N) is 3. The van der Waals surface area contributed by atoms with E-state index in [0.717, 1.165) is 44.3 Å². The third-order valence-corrected chi connectivity index (χ3v) is 11.8. The molecule has 388 valence electrons. The Bertz CT molecular complexity index is 1760. The summed E-state index contributed by atoms with van der Waals surface area (Å²) in [4.78, 5) is 94.2. The second-order valence-corrected chi connectivity index (χ2v) is 18.2. The molecule has 0 unspecified atom stereocenters. The summed E-state index contributed by atoms with van der Waals surface area (Å²) < 4.78 is 37.4. The standard InChI is InChI=1S/C42H74N10O15S/c43-34(53)21-18-32(41(60)61)46-37(55)23-20-33(42(62)63)47-39(57)30-67-28-27-66-26-25-45-36(54)22-19-31(40(58)59)44-24-14-15-29-68(64,65)50-38(56)17-13-11-9-7-5-3-1-2-4-6-8-10-12-16-35-48-51-52-49-35/h31-33,44H,1-30H2,(H2,43,53)(H,45,54)(H,46,55)(H,47,57)(H,50,56)(H,58,59)(H,60,61)(H,62,63)(H,48,49,51,52)/t31-,32-,33-/m0/s1. The van der Waals surface area contributed by atoms with Gasteiger partial charge in [-0.25, -0.2) is 23.1 Å². The van der Waals surface area contributed by atoms with Gasteiger partial charge in [0.25, 0.3) is 0 Å². The zero-order chi connectivity index (χ0) is 50.4. The summed E-state index contributed by atoms with van der Waals surface area (Å²) in [7, 11) is -3.82. The maximum Gasteiger partial charge on any atom is 0.326 e. The SMILES string of the molecule is NC(=O)CC[C@H](NC(=O)CC[C@H](NC(=O)COCCOCCNC(=O)CC[C@H](NCCCCS(=O)(=O)NC(=O)CCCCCCCCCCCCCCCc1nnn[nH]1)C(=O)O)C(=O)O)C(=O)O. The van der Waals surface area contributed by atoms with Crippen LogP contribution in [0.3, 0.4) is 0 Å². The summed E-state index contributed by atoms with van der Waals surface area (Å²) in [6.45, 7) is -0.243. The lowest BCUT2D eigenvalue weighted by atomic mass is 10.0. The van der Waals surface area contributed by atoms with Crippen LogP contribution < -0.4 is 31.7 Å². The van der Waals surface area contributed by atoms with Crippen molar-refractivity contribution in [2.75, 3.05) is 45.3 Å². The van der Waals surface area contributed by atoms with E-state index in [1.807, 2.05) is 0 Å². The van der Waals surface area contributed by atoms with Crippen LogP contribution in [0.5, 0.6) is 0 Å². The van der Waals surface area contributed by atoms with Gasteiger partial charge in [-0.2, -0.15) is 0 Å². The molecule has 0 saturated heterocycles. The van der Waals surface area contributed by atoms with Gasteiger partial charge in [0.15, 0.2) is 0 Å². The Morgan fingerprint density at radius 2 is 1.10 bits per heavy atom. The molecule has 0 bridgehead atoms. The number of nitrogens with one attached hydrogen (secondary N) is 6. The topological polar surface area (TPSA) is 390 Å². The summed E-state index contributed by atoms with van der Waals surface area (Å²) >= 11 is 0. The molecule has 1 aromatic rings. The van der Waals surface area contributed by atoms with Crippen LogP contribution in [0, 0.1) is 0 Å². The van der Waals surface area contributed by atoms with Gasteiger partial charge in [0, 0.05) is 38.6 Å². The number of unbranched alkanes of at least 4 members (excludes halogenated alkanes) is 13. The predicted molar refractivity (Wildman–Crippen MR) is 244 cm³/mol. The lowest BCUT2D eigenvalue weighted by molar-refractivity contribution is -0.144. The second kappa shape index (κ2) is 37.6. The maximum absolute atomic E-state index is 12.4. The highest BCUT2D eigenvalue weighted by molar-refractivity contribution is 7.90. The summed E-state index contributed by atoms with van der Waals surface area (Å²) in [6, 6.07) is -3.92. The van der Waals surface area contributed by atoms with Gasteiger partial charge in [-0.3, -0.25) is 33.5 Å². The lowest BCUT2D eigenvalue weighted by Gasteiger charge is -2.16. The molecule has 1 rings (SSSR count). The van der Waals surface area contributed by atoms with Crippen molar-refractivity contribution in [3.05, 3.63) is 5.82 Å². The van der Waals surface area contributed by atoms with Crippen molar-refractivity contribution < 1.29 is 71.6 Å². The van der Waals surface area contributed by atoms with Crippen molar-refractivity contribution in [1.29, 1.82) is 0 Å². The number of sulfonamides is 1. The number of amides is 5. The van der Waals surface area contributed by atoms with Crippen LogP contribution in [0.25, 0.3) is 0 Å². The van der Waals surface area contributed by atoms with Gasteiger partial charge in [-0.05, 0) is 61.9 Å². The van der Waals surface area contributed by atoms with Crippen molar-refractivity contribution in [3.8, 4) is 0 Å². The molecule has 1 aromatic heterocycles. The third kappa shape index (κ3) is 34.0. The van der Waals surface area contributed by atoms with Crippen LogP contribution in [-0.4, -0.2) is 155 Å². The number of carboxylic acid groups (broad SMARTS) is 3. The number of hydrogen-bond donors (Lipinski definition) is 10. The summed E-state index contributed by atoms with van der Waals surface area (Å²) in [5.41, 5.74) is 5.00. The van der Waals surface area contributed by atoms with E-state index in [-0.39, 0.29) is 83.6 Å². The highest BCUT2D eigenvalue weighted by Crippen LogP contribution is 2.14. The Balaban J connectivity index is 2.07. The fourth-order valence-corrected chi connectivity index (χ4v) is 7.81. The number of carbonyl (C=O) groups is 8. The number of aromatic amines is 1. The Labute approximate surface area is 397 Å². The Hall–Kier alpha value is -5.34. The number of aromatic nitrogens is 4. The first kappa shape index (κ1) is 60.7. The summed E-state index contributed by atoms with van der Waals surface area (Å²) in [5, 5.41) is 51.7. The molecule has 11 N–H and O–H groups in total. The Morgan fingerprint density at radius 3 is 1.68 bits per heavy atom. The largest absolute Gasteiger partial charge is 0.480 e. The number of carboxylic acids is 3. The molecule has 25 nitrogen and oxygen atoms in total. The van der Waals surface area contributed by atoms with E-state index < -0.39 is 88.6 Å². The maximum atomic E-state index is 12.4. The first-order chi connectivity index (χ1) is 32.5. The average molecular weight is 991 g/mol. The highest BCUT2D eigenvalue weighted by Gasteiger charge is 2.25. The zero-order valence-electron chi connectivity index (χ0n) is 39.0. The van der Waals surface area contributed by atoms with Crippen molar-refractivity contribution in [1.82, 2.24) is 46.6 Å². The number of nitrogens with two attached hydrogens (primary N) is 1. The van der Waals surface area contributed by atoms with Gasteiger partial charge >= 0.3 is 17.9 Å². The minimum absolute atomic E-state index is 0.0139. The van der Waals surface area contributed by atoms with E-state index in [1.54, 1.807) is 0 Å². The van der Waals surface area contributed by atoms with Crippen LogP contribution in [-0.2, 0) is 64.3 Å². The number of rotatable bonds is 45. The zero-order valence-corrected chi connectivity index (χ0v) is 39.8. The van der Waals surface area contributed by atoms with Gasteiger partial charge in [0.1, 0.15) is 30.6 Å². The Morgan fingerprint density at radius 1 is 0.574 bits per heavy atom. The van der Waals surface area contributed by atoms with E-state index in [4.69, 9.17) is 15.2 Å². The molecule has 0 aromatic carbocycles. The number of ether oxygens (including phenoxy) is 2. The van der Waals surface area contributed by atoms with E-state index in [1.165, 1.54) is 44.9 Å². The lowest BCUT2D eigenvalue weighted by Crippen LogP contribution is -2.45. The van der Waals surface area contributed by atoms with Gasteiger partial charge in [0.2, 0.25) is 39.6 Å². The van der Waals surface area contributed by atoms with Gasteiger partial charge in [-0.1, -0.05) is 70.6 Å². The monoisotopic (exact) mass is 991 g/mol. The average Bonchev–Trinajstić information content (AvgIpc) is 3.80. The van der Waals surface area contributed by atoms with Gasteiger partial charge in [0.05, 0.1) is 25.6 Å². The van der Waals surface area contributed by atoms with E-state index in [9.17, 15) is 62.1 Å². The number of H-pyrrole nitrogens is 1. The fraction of sp³-hybridized carbons (Fsp3) is 0.786. The normalized spacial score (nSPS) is 12.6. The highest BCUT2D eigenvalue weighted by atomic mass is 32.2. The molecule has 1 heterocycles. The first-order valence-electron chi connectivity index (χ1n) is 23.5. The number of primary amides is 1. The molecule has 3 atom stereocenters. The number of hydrogen-bond acceptors (Lipinski definition) is 16. The molecule has 0 saturated carbocycles. The number of tetrazole rings is 1. The molecular formula is C42H74N10O15S. The number of aryl methyl sites for hydroxylation is 1. The van der Waals surface area contributed by atoms with E-state index in [0.29, 0.717) is 12.8 Å². The minimum Gasteiger partial charge on any atom is -0.480 e. The fourth-order valence-electron chi connectivity index (χ4n) is 6.68. The molecule has 5 amide bonds. The Kier molecular flexibility index (Phi) is 33.6. The van der Waals surface area contributed by atoms with Crippen LogP contribution in [0.2, 0.25) is 0 Å². The second-order valence-electron chi connectivity index (χ2n) is 16.4. The molecule has 26 heteroatoms. The molecule has 0 spiro atoms. The van der Waals surface area contributed by atoms with E-state index >= 15 is 0 Å². The molecule has 0 radical (unpaired) electrons. The first-order valence-corrected chi connectivity index (χ1v) is 25.1.